The lowest BCUT2D eigenvalue weighted by Crippen LogP contribution is -2.17. The van der Waals surface area contributed by atoms with Gasteiger partial charge in [-0.25, -0.2) is 4.39 Å². The maximum absolute atomic E-state index is 13.7. The molecule has 0 bridgehead atoms. The van der Waals surface area contributed by atoms with E-state index in [0.29, 0.717) is 12.3 Å². The van der Waals surface area contributed by atoms with Crippen molar-refractivity contribution in [3.8, 4) is 0 Å². The maximum atomic E-state index is 13.7. The highest BCUT2D eigenvalue weighted by atomic mass is 19.1. The van der Waals surface area contributed by atoms with E-state index >= 15 is 0 Å². The Hall–Kier alpha value is -1.63. The SMILES string of the molecule is C=C(C)/C(C)=C/C.C=CC.CC.CCC1=C(C)CC(C(C)CC(C)(C)F)=CC=C1.CCCC(C)CCCC1CC1. The fourth-order valence-corrected chi connectivity index (χ4v) is 4.57. The predicted octanol–water partition coefficient (Wildman–Crippen LogP) is 14.1. The number of allylic oxidation sites excluding steroid dienone is 10. The summed E-state index contributed by atoms with van der Waals surface area (Å²) in [7, 11) is 0. The Morgan fingerprint density at radius 3 is 2.02 bits per heavy atom. The molecule has 2 aliphatic carbocycles. The summed E-state index contributed by atoms with van der Waals surface area (Å²) in [6.45, 7) is 33.6. The van der Waals surface area contributed by atoms with Gasteiger partial charge in [-0.1, -0.05) is 146 Å². The third-order valence-corrected chi connectivity index (χ3v) is 7.32. The number of hydrogen-bond donors (Lipinski definition) is 0. The van der Waals surface area contributed by atoms with Gasteiger partial charge in [0.2, 0.25) is 0 Å². The standard InChI is InChI=1S/C16H25F.C11H22.C7H12.C3H6.C2H6/c1-6-14-8-7-9-15(10-12(14)2)13(3)11-16(4,5)17;1-3-5-10(2)6-4-7-11-8-9-11;1-5-7(4)6(2)3;1-3-2;1-2/h7-9,13H,6,10-11H2,1-5H3;10-11H,3-9H2,1-2H3;5H,2H2,1,3-4H3;3H,1H2,2H3;1-2H3/b;;7-5+;;. The first-order valence-corrected chi connectivity index (χ1v) is 16.4. The van der Waals surface area contributed by atoms with Crippen LogP contribution in [-0.2, 0) is 0 Å². The van der Waals surface area contributed by atoms with Crippen LogP contribution in [0.15, 0.2) is 71.4 Å². The van der Waals surface area contributed by atoms with E-state index in [1.54, 1.807) is 19.9 Å². The second kappa shape index (κ2) is 26.3. The van der Waals surface area contributed by atoms with Crippen molar-refractivity contribution in [3.63, 3.8) is 0 Å². The van der Waals surface area contributed by atoms with Crippen LogP contribution in [0.3, 0.4) is 0 Å². The van der Waals surface area contributed by atoms with Crippen LogP contribution in [-0.4, -0.2) is 5.67 Å². The van der Waals surface area contributed by atoms with E-state index in [1.165, 1.54) is 67.2 Å². The topological polar surface area (TPSA) is 0 Å². The minimum atomic E-state index is -1.08. The monoisotopic (exact) mass is 559 g/mol. The second-order valence-electron chi connectivity index (χ2n) is 12.2. The molecule has 1 fully saturated rings. The number of rotatable bonds is 11. The van der Waals surface area contributed by atoms with Crippen LogP contribution in [0, 0.1) is 17.8 Å². The van der Waals surface area contributed by atoms with Crippen molar-refractivity contribution in [2.75, 3.05) is 0 Å². The molecule has 0 heterocycles. The lowest BCUT2D eigenvalue weighted by Gasteiger charge is -2.22. The molecule has 0 aliphatic heterocycles. The molecule has 0 amide bonds. The Kier molecular flexibility index (Phi) is 28.1. The Morgan fingerprint density at radius 1 is 1.10 bits per heavy atom. The highest BCUT2D eigenvalue weighted by molar-refractivity contribution is 5.35. The summed E-state index contributed by atoms with van der Waals surface area (Å²) in [5.74, 6) is 2.44. The van der Waals surface area contributed by atoms with E-state index in [2.05, 4.69) is 79.0 Å². The van der Waals surface area contributed by atoms with Crippen LogP contribution in [0.25, 0.3) is 0 Å². The van der Waals surface area contributed by atoms with Gasteiger partial charge in [-0.05, 0) is 91.1 Å². The van der Waals surface area contributed by atoms with Crippen LogP contribution < -0.4 is 0 Å². The van der Waals surface area contributed by atoms with Gasteiger partial charge in [-0.2, -0.15) is 0 Å². The van der Waals surface area contributed by atoms with E-state index in [9.17, 15) is 4.39 Å². The van der Waals surface area contributed by atoms with Crippen molar-refractivity contribution in [2.24, 2.45) is 17.8 Å². The zero-order valence-electron chi connectivity index (χ0n) is 29.5. The molecule has 0 spiro atoms. The van der Waals surface area contributed by atoms with E-state index in [-0.39, 0.29) is 0 Å². The fraction of sp³-hybridized carbons (Fsp3) is 0.692. The lowest BCUT2D eigenvalue weighted by atomic mass is 9.86. The molecule has 2 aliphatic rings. The van der Waals surface area contributed by atoms with Crippen molar-refractivity contribution >= 4 is 0 Å². The highest BCUT2D eigenvalue weighted by Gasteiger charge is 2.22. The van der Waals surface area contributed by atoms with Crippen LogP contribution in [0.4, 0.5) is 4.39 Å². The van der Waals surface area contributed by atoms with Gasteiger partial charge in [0.15, 0.2) is 0 Å². The van der Waals surface area contributed by atoms with E-state index in [4.69, 9.17) is 0 Å². The first kappa shape index (κ1) is 42.8. The van der Waals surface area contributed by atoms with Gasteiger partial charge in [0.05, 0.1) is 0 Å². The first-order valence-electron chi connectivity index (χ1n) is 16.4. The Morgan fingerprint density at radius 2 is 1.65 bits per heavy atom. The third-order valence-electron chi connectivity index (χ3n) is 7.32. The van der Waals surface area contributed by atoms with Crippen molar-refractivity contribution in [1.29, 1.82) is 0 Å². The molecule has 2 atom stereocenters. The Labute approximate surface area is 253 Å². The summed E-state index contributed by atoms with van der Waals surface area (Å²) in [4.78, 5) is 0. The van der Waals surface area contributed by atoms with Crippen LogP contribution >= 0.6 is 0 Å². The zero-order chi connectivity index (χ0) is 31.7. The van der Waals surface area contributed by atoms with Gasteiger partial charge < -0.3 is 0 Å². The molecule has 1 heteroatoms. The number of hydrogen-bond acceptors (Lipinski definition) is 0. The molecule has 0 N–H and O–H groups in total. The summed E-state index contributed by atoms with van der Waals surface area (Å²) >= 11 is 0. The summed E-state index contributed by atoms with van der Waals surface area (Å²) in [6.07, 6.45) is 23.3. The maximum Gasteiger partial charge on any atom is 0.106 e. The number of halogens is 1. The van der Waals surface area contributed by atoms with Gasteiger partial charge in [0.25, 0.3) is 0 Å². The summed E-state index contributed by atoms with van der Waals surface area (Å²) in [5, 5.41) is 0. The molecule has 0 radical (unpaired) electrons. The molecule has 2 rings (SSSR count). The van der Waals surface area contributed by atoms with Crippen LogP contribution in [0.5, 0.6) is 0 Å². The largest absolute Gasteiger partial charge is 0.244 e. The summed E-state index contributed by atoms with van der Waals surface area (Å²) < 4.78 is 13.7. The Balaban J connectivity index is -0.000000511. The molecule has 234 valence electrons. The van der Waals surface area contributed by atoms with Gasteiger partial charge in [0, 0.05) is 0 Å². The average Bonchev–Trinajstić information content (AvgIpc) is 3.72. The van der Waals surface area contributed by atoms with Crippen molar-refractivity contribution < 1.29 is 4.39 Å². The molecule has 0 aromatic heterocycles. The van der Waals surface area contributed by atoms with Gasteiger partial charge in [0.1, 0.15) is 5.67 Å². The number of alkyl halides is 1. The molecule has 0 aromatic rings. The Bertz CT molecular complexity index is 761. The van der Waals surface area contributed by atoms with E-state index in [0.717, 1.165) is 30.3 Å². The molecular formula is C39H71F. The van der Waals surface area contributed by atoms with Crippen LogP contribution in [0.1, 0.15) is 154 Å². The summed E-state index contributed by atoms with van der Waals surface area (Å²) in [6, 6.07) is 0. The van der Waals surface area contributed by atoms with E-state index < -0.39 is 5.67 Å². The zero-order valence-corrected chi connectivity index (χ0v) is 29.5. The first-order chi connectivity index (χ1) is 18.8. The van der Waals surface area contributed by atoms with Crippen molar-refractivity contribution in [3.05, 3.63) is 71.4 Å². The smallest absolute Gasteiger partial charge is 0.106 e. The van der Waals surface area contributed by atoms with E-state index in [1.807, 2.05) is 34.6 Å². The quantitative estimate of drug-likeness (QED) is 0.175. The minimum Gasteiger partial charge on any atom is -0.244 e. The molecule has 0 nitrogen and oxygen atoms in total. The fourth-order valence-electron chi connectivity index (χ4n) is 4.57. The molecule has 0 saturated heterocycles. The lowest BCUT2D eigenvalue weighted by molar-refractivity contribution is 0.181. The minimum absolute atomic E-state index is 0.311. The van der Waals surface area contributed by atoms with Crippen molar-refractivity contribution in [1.82, 2.24) is 0 Å². The average molecular weight is 559 g/mol. The van der Waals surface area contributed by atoms with Gasteiger partial charge >= 0.3 is 0 Å². The molecule has 2 unspecified atom stereocenters. The normalized spacial score (nSPS) is 16.1. The molecule has 0 aromatic carbocycles. The molecule has 40 heavy (non-hydrogen) atoms. The second-order valence-corrected chi connectivity index (χ2v) is 12.2. The van der Waals surface area contributed by atoms with Gasteiger partial charge in [-0.15, -0.1) is 6.58 Å². The highest BCUT2D eigenvalue weighted by Crippen LogP contribution is 2.34. The predicted molar refractivity (Wildman–Crippen MR) is 186 cm³/mol. The van der Waals surface area contributed by atoms with Crippen LogP contribution in [0.2, 0.25) is 0 Å². The summed E-state index contributed by atoms with van der Waals surface area (Å²) in [5.41, 5.74) is 5.55. The van der Waals surface area contributed by atoms with Gasteiger partial charge in [-0.3, -0.25) is 0 Å². The molecule has 1 saturated carbocycles. The van der Waals surface area contributed by atoms with Crippen molar-refractivity contribution in [2.45, 2.75) is 160 Å². The molecular weight excluding hydrogens is 487 g/mol. The third kappa shape index (κ3) is 26.6.